The third-order valence-electron chi connectivity index (χ3n) is 3.09. The van der Waals surface area contributed by atoms with Gasteiger partial charge >= 0.3 is 5.97 Å². The summed E-state index contributed by atoms with van der Waals surface area (Å²) >= 11 is 5.90. The number of carboxylic acid groups (broad SMARTS) is 1. The van der Waals surface area contributed by atoms with E-state index < -0.39 is 11.7 Å². The number of aromatic hydroxyl groups is 1. The van der Waals surface area contributed by atoms with Crippen molar-refractivity contribution < 1.29 is 15.0 Å². The van der Waals surface area contributed by atoms with Crippen LogP contribution in [-0.2, 0) is 0 Å². The van der Waals surface area contributed by atoms with Gasteiger partial charge in [-0.25, -0.2) is 9.48 Å². The molecule has 0 fully saturated rings. The minimum Gasteiger partial charge on any atom is -0.505 e. The molecule has 6 nitrogen and oxygen atoms in total. The number of carboxylic acids is 1. The maximum absolute atomic E-state index is 11.1. The summed E-state index contributed by atoms with van der Waals surface area (Å²) < 4.78 is 1.29. The topological polar surface area (TPSA) is 88.2 Å². The Hall–Kier alpha value is -2.86. The first-order valence-corrected chi connectivity index (χ1v) is 6.68. The third-order valence-corrected chi connectivity index (χ3v) is 3.31. The highest BCUT2D eigenvalue weighted by Gasteiger charge is 2.17. The first-order valence-electron chi connectivity index (χ1n) is 6.30. The van der Waals surface area contributed by atoms with E-state index >= 15 is 0 Å². The van der Waals surface area contributed by atoms with E-state index in [2.05, 4.69) is 10.3 Å². The zero-order valence-electron chi connectivity index (χ0n) is 11.1. The van der Waals surface area contributed by atoms with Gasteiger partial charge in [0.05, 0.1) is 6.20 Å². The van der Waals surface area contributed by atoms with Crippen LogP contribution in [-0.4, -0.2) is 31.2 Å². The molecule has 0 saturated carbocycles. The predicted molar refractivity (Wildman–Crippen MR) is 80.4 cm³/mol. The van der Waals surface area contributed by atoms with Crippen molar-refractivity contribution in [1.29, 1.82) is 0 Å². The van der Waals surface area contributed by atoms with Crippen molar-refractivity contribution in [1.82, 2.24) is 15.0 Å². The zero-order chi connectivity index (χ0) is 15.7. The molecule has 0 amide bonds. The summed E-state index contributed by atoms with van der Waals surface area (Å²) in [5.41, 5.74) is 1.31. The molecule has 1 heterocycles. The Labute approximate surface area is 130 Å². The Morgan fingerprint density at radius 1 is 1.18 bits per heavy atom. The molecule has 0 aliphatic carbocycles. The van der Waals surface area contributed by atoms with Gasteiger partial charge in [-0.3, -0.25) is 0 Å². The summed E-state index contributed by atoms with van der Waals surface area (Å²) in [6.45, 7) is 0. The van der Waals surface area contributed by atoms with Crippen molar-refractivity contribution in [3.05, 3.63) is 59.2 Å². The molecule has 1 aromatic heterocycles. The number of hydrogen-bond donors (Lipinski definition) is 2. The first-order chi connectivity index (χ1) is 10.6. The standard InChI is InChI=1S/C15H10ClN3O3/c16-10-6-11(15(21)22)14(20)13(7-10)19-8-12(17-18-19)9-4-2-1-3-5-9/h1-8,20H,(H,21,22). The lowest BCUT2D eigenvalue weighted by Gasteiger charge is -2.07. The van der Waals surface area contributed by atoms with Crippen LogP contribution in [0.15, 0.2) is 48.7 Å². The highest BCUT2D eigenvalue weighted by molar-refractivity contribution is 6.31. The first kappa shape index (κ1) is 14.1. The summed E-state index contributed by atoms with van der Waals surface area (Å²) in [5, 5.41) is 27.3. The van der Waals surface area contributed by atoms with E-state index in [1.807, 2.05) is 30.3 Å². The fraction of sp³-hybridized carbons (Fsp3) is 0. The largest absolute Gasteiger partial charge is 0.505 e. The number of rotatable bonds is 3. The lowest BCUT2D eigenvalue weighted by molar-refractivity contribution is 0.0693. The molecule has 110 valence electrons. The lowest BCUT2D eigenvalue weighted by atomic mass is 10.1. The van der Waals surface area contributed by atoms with E-state index in [1.54, 1.807) is 6.20 Å². The molecule has 0 bridgehead atoms. The maximum atomic E-state index is 11.1. The molecule has 0 aliphatic rings. The molecule has 0 radical (unpaired) electrons. The van der Waals surface area contributed by atoms with Crippen LogP contribution in [0.4, 0.5) is 0 Å². The number of carbonyl (C=O) groups is 1. The predicted octanol–water partition coefficient (Wildman–Crippen LogP) is 2.99. The number of halogens is 1. The Balaban J connectivity index is 2.10. The van der Waals surface area contributed by atoms with Gasteiger partial charge in [0.15, 0.2) is 5.75 Å². The molecule has 0 atom stereocenters. The molecule has 22 heavy (non-hydrogen) atoms. The smallest absolute Gasteiger partial charge is 0.339 e. The summed E-state index contributed by atoms with van der Waals surface area (Å²) in [6, 6.07) is 12.0. The molecule has 3 rings (SSSR count). The van der Waals surface area contributed by atoms with Gasteiger partial charge in [-0.05, 0) is 12.1 Å². The van der Waals surface area contributed by atoms with Crippen LogP contribution < -0.4 is 0 Å². The minimum atomic E-state index is -1.27. The minimum absolute atomic E-state index is 0.152. The van der Waals surface area contributed by atoms with Gasteiger partial charge in [-0.1, -0.05) is 47.1 Å². The summed E-state index contributed by atoms with van der Waals surface area (Å²) in [6.07, 6.45) is 1.59. The molecule has 0 spiro atoms. The molecular weight excluding hydrogens is 306 g/mol. The Morgan fingerprint density at radius 3 is 2.59 bits per heavy atom. The Kier molecular flexibility index (Phi) is 3.52. The van der Waals surface area contributed by atoms with Crippen LogP contribution in [0.3, 0.4) is 0 Å². The number of hydrogen-bond acceptors (Lipinski definition) is 4. The normalized spacial score (nSPS) is 10.6. The van der Waals surface area contributed by atoms with Crippen LogP contribution >= 0.6 is 11.6 Å². The fourth-order valence-corrected chi connectivity index (χ4v) is 2.26. The molecule has 2 N–H and O–H groups in total. The van der Waals surface area contributed by atoms with Crippen LogP contribution in [0.25, 0.3) is 16.9 Å². The molecule has 0 aliphatic heterocycles. The quantitative estimate of drug-likeness (QED) is 0.775. The fourth-order valence-electron chi connectivity index (χ4n) is 2.05. The lowest BCUT2D eigenvalue weighted by Crippen LogP contribution is -2.02. The summed E-state index contributed by atoms with van der Waals surface area (Å²) in [4.78, 5) is 11.1. The van der Waals surface area contributed by atoms with Crippen molar-refractivity contribution in [2.75, 3.05) is 0 Å². The van der Waals surface area contributed by atoms with E-state index in [-0.39, 0.29) is 16.3 Å². The number of phenols is 1. The second kappa shape index (κ2) is 5.50. The van der Waals surface area contributed by atoms with Crippen molar-refractivity contribution in [2.45, 2.75) is 0 Å². The zero-order valence-corrected chi connectivity index (χ0v) is 11.9. The van der Waals surface area contributed by atoms with E-state index in [1.165, 1.54) is 16.8 Å². The van der Waals surface area contributed by atoms with Crippen molar-refractivity contribution in [3.8, 4) is 22.7 Å². The SMILES string of the molecule is O=C(O)c1cc(Cl)cc(-n2cc(-c3ccccc3)nn2)c1O. The molecular formula is C15H10ClN3O3. The number of aromatic carboxylic acids is 1. The van der Waals surface area contributed by atoms with Gasteiger partial charge in [-0.15, -0.1) is 5.10 Å². The molecule has 3 aromatic rings. The third kappa shape index (κ3) is 2.51. The highest BCUT2D eigenvalue weighted by atomic mass is 35.5. The second-order valence-corrected chi connectivity index (χ2v) is 4.98. The molecule has 2 aromatic carbocycles. The summed E-state index contributed by atoms with van der Waals surface area (Å²) in [5.74, 6) is -1.69. The van der Waals surface area contributed by atoms with Crippen LogP contribution in [0.2, 0.25) is 5.02 Å². The molecule has 0 unspecified atom stereocenters. The maximum Gasteiger partial charge on any atom is 0.339 e. The van der Waals surface area contributed by atoms with Crippen LogP contribution in [0.1, 0.15) is 10.4 Å². The van der Waals surface area contributed by atoms with E-state index in [9.17, 15) is 9.90 Å². The molecule has 0 saturated heterocycles. The number of benzene rings is 2. The van der Waals surface area contributed by atoms with Crippen molar-refractivity contribution in [2.24, 2.45) is 0 Å². The molecule has 7 heteroatoms. The number of nitrogens with zero attached hydrogens (tertiary/aromatic N) is 3. The van der Waals surface area contributed by atoms with Crippen molar-refractivity contribution >= 4 is 17.6 Å². The Morgan fingerprint density at radius 2 is 1.91 bits per heavy atom. The average molecular weight is 316 g/mol. The summed E-state index contributed by atoms with van der Waals surface area (Å²) in [7, 11) is 0. The van der Waals surface area contributed by atoms with E-state index in [0.717, 1.165) is 5.56 Å². The Bertz CT molecular complexity index is 846. The van der Waals surface area contributed by atoms with Gasteiger partial charge in [0.1, 0.15) is 16.9 Å². The van der Waals surface area contributed by atoms with Gasteiger partial charge in [-0.2, -0.15) is 0 Å². The monoisotopic (exact) mass is 315 g/mol. The van der Waals surface area contributed by atoms with Gasteiger partial charge in [0, 0.05) is 10.6 Å². The highest BCUT2D eigenvalue weighted by Crippen LogP contribution is 2.30. The van der Waals surface area contributed by atoms with E-state index in [0.29, 0.717) is 5.69 Å². The second-order valence-electron chi connectivity index (χ2n) is 4.54. The van der Waals surface area contributed by atoms with Gasteiger partial charge < -0.3 is 10.2 Å². The van der Waals surface area contributed by atoms with E-state index in [4.69, 9.17) is 16.7 Å². The van der Waals surface area contributed by atoms with Crippen LogP contribution in [0, 0.1) is 0 Å². The number of aromatic nitrogens is 3. The van der Waals surface area contributed by atoms with Crippen LogP contribution in [0.5, 0.6) is 5.75 Å². The average Bonchev–Trinajstić information content (AvgIpc) is 2.99. The van der Waals surface area contributed by atoms with Gasteiger partial charge in [0.25, 0.3) is 0 Å². The van der Waals surface area contributed by atoms with Crippen molar-refractivity contribution in [3.63, 3.8) is 0 Å². The van der Waals surface area contributed by atoms with Gasteiger partial charge in [0.2, 0.25) is 0 Å².